The maximum Gasteiger partial charge on any atom is 0.165 e. The molecule has 4 heteroatoms. The molecule has 1 atom stereocenters. The summed E-state index contributed by atoms with van der Waals surface area (Å²) in [6.07, 6.45) is 0.302. The third-order valence-electron chi connectivity index (χ3n) is 2.08. The Morgan fingerprint density at radius 2 is 2.14 bits per heavy atom. The quantitative estimate of drug-likeness (QED) is 0.685. The molecule has 0 amide bonds. The Morgan fingerprint density at radius 3 is 2.71 bits per heavy atom. The summed E-state index contributed by atoms with van der Waals surface area (Å²) in [6.45, 7) is 1.63. The van der Waals surface area contributed by atoms with Crippen molar-refractivity contribution >= 4 is 0 Å². The standard InChI is InChI=1S/C10H14FNO2/c1-6-4-7(9(12)2-3-13)10(14)8(11)5-6/h4-5,9,13-14H,2-3,12H2,1H3. The molecule has 0 aliphatic heterocycles. The zero-order chi connectivity index (χ0) is 10.7. The Kier molecular flexibility index (Phi) is 3.43. The molecule has 1 unspecified atom stereocenters. The SMILES string of the molecule is Cc1cc(F)c(O)c(C(N)CCO)c1. The molecule has 4 N–H and O–H groups in total. The summed E-state index contributed by atoms with van der Waals surface area (Å²) in [5.41, 5.74) is 6.70. The predicted molar refractivity (Wildman–Crippen MR) is 51.4 cm³/mol. The molecule has 1 rings (SSSR count). The molecule has 0 aliphatic rings. The lowest BCUT2D eigenvalue weighted by Crippen LogP contribution is -2.12. The average Bonchev–Trinajstić information content (AvgIpc) is 2.11. The van der Waals surface area contributed by atoms with Gasteiger partial charge in [0, 0.05) is 18.2 Å². The Balaban J connectivity index is 3.07. The summed E-state index contributed by atoms with van der Waals surface area (Å²) in [4.78, 5) is 0. The van der Waals surface area contributed by atoms with Gasteiger partial charge in [-0.25, -0.2) is 4.39 Å². The van der Waals surface area contributed by atoms with Gasteiger partial charge in [0.05, 0.1) is 0 Å². The van der Waals surface area contributed by atoms with E-state index in [9.17, 15) is 9.50 Å². The van der Waals surface area contributed by atoms with Crippen LogP contribution in [-0.4, -0.2) is 16.8 Å². The van der Waals surface area contributed by atoms with Crippen LogP contribution in [0.1, 0.15) is 23.6 Å². The lowest BCUT2D eigenvalue weighted by Gasteiger charge is -2.13. The van der Waals surface area contributed by atoms with Gasteiger partial charge in [-0.05, 0) is 25.0 Å². The van der Waals surface area contributed by atoms with Crippen molar-refractivity contribution in [1.29, 1.82) is 0 Å². The van der Waals surface area contributed by atoms with E-state index in [1.807, 2.05) is 0 Å². The van der Waals surface area contributed by atoms with Crippen LogP contribution in [-0.2, 0) is 0 Å². The van der Waals surface area contributed by atoms with E-state index in [-0.39, 0.29) is 6.61 Å². The van der Waals surface area contributed by atoms with Crippen molar-refractivity contribution in [2.75, 3.05) is 6.61 Å². The van der Waals surface area contributed by atoms with Crippen molar-refractivity contribution in [3.8, 4) is 5.75 Å². The highest BCUT2D eigenvalue weighted by molar-refractivity contribution is 5.39. The van der Waals surface area contributed by atoms with E-state index in [2.05, 4.69) is 0 Å². The summed E-state index contributed by atoms with van der Waals surface area (Å²) in [5.74, 6) is -1.09. The van der Waals surface area contributed by atoms with Gasteiger partial charge in [-0.1, -0.05) is 6.07 Å². The van der Waals surface area contributed by atoms with Crippen LogP contribution in [0.25, 0.3) is 0 Å². The smallest absolute Gasteiger partial charge is 0.165 e. The van der Waals surface area contributed by atoms with Crippen LogP contribution < -0.4 is 5.73 Å². The molecule has 3 nitrogen and oxygen atoms in total. The number of aliphatic hydroxyl groups is 1. The molecule has 78 valence electrons. The summed E-state index contributed by atoms with van der Waals surface area (Å²) in [5, 5.41) is 18.1. The molecule has 0 fully saturated rings. The van der Waals surface area contributed by atoms with Crippen molar-refractivity contribution < 1.29 is 14.6 Å². The zero-order valence-electron chi connectivity index (χ0n) is 8.00. The lowest BCUT2D eigenvalue weighted by molar-refractivity contribution is 0.275. The number of rotatable bonds is 3. The first-order valence-electron chi connectivity index (χ1n) is 4.41. The monoisotopic (exact) mass is 199 g/mol. The number of aryl methyl sites for hydroxylation is 1. The first-order chi connectivity index (χ1) is 6.56. The van der Waals surface area contributed by atoms with Crippen molar-refractivity contribution in [3.63, 3.8) is 0 Å². The van der Waals surface area contributed by atoms with E-state index in [4.69, 9.17) is 10.8 Å². The minimum Gasteiger partial charge on any atom is -0.505 e. The van der Waals surface area contributed by atoms with E-state index in [0.717, 1.165) is 0 Å². The Labute approximate surface area is 82.0 Å². The first kappa shape index (κ1) is 10.9. The second kappa shape index (κ2) is 4.39. The Hall–Kier alpha value is -1.13. The fraction of sp³-hybridized carbons (Fsp3) is 0.400. The van der Waals surface area contributed by atoms with E-state index < -0.39 is 17.6 Å². The van der Waals surface area contributed by atoms with E-state index in [1.165, 1.54) is 6.07 Å². The van der Waals surface area contributed by atoms with E-state index in [1.54, 1.807) is 13.0 Å². The van der Waals surface area contributed by atoms with Gasteiger partial charge in [0.1, 0.15) is 0 Å². The normalized spacial score (nSPS) is 12.9. The molecule has 0 radical (unpaired) electrons. The molecule has 0 spiro atoms. The van der Waals surface area contributed by atoms with Gasteiger partial charge in [-0.2, -0.15) is 0 Å². The summed E-state index contributed by atoms with van der Waals surface area (Å²) in [6, 6.07) is 2.33. The molecular formula is C10H14FNO2. The van der Waals surface area contributed by atoms with Gasteiger partial charge in [0.15, 0.2) is 11.6 Å². The third-order valence-corrected chi connectivity index (χ3v) is 2.08. The van der Waals surface area contributed by atoms with Crippen molar-refractivity contribution in [3.05, 3.63) is 29.1 Å². The number of phenolic OH excluding ortho intramolecular Hbond substituents is 1. The highest BCUT2D eigenvalue weighted by Gasteiger charge is 2.14. The van der Waals surface area contributed by atoms with Crippen LogP contribution in [0, 0.1) is 12.7 Å². The molecule has 0 bridgehead atoms. The number of halogens is 1. The number of aliphatic hydroxyl groups excluding tert-OH is 1. The highest BCUT2D eigenvalue weighted by Crippen LogP contribution is 2.28. The van der Waals surface area contributed by atoms with Crippen LogP contribution in [0.4, 0.5) is 4.39 Å². The molecule has 14 heavy (non-hydrogen) atoms. The van der Waals surface area contributed by atoms with Crippen LogP contribution in [0.15, 0.2) is 12.1 Å². The molecule has 0 saturated heterocycles. The number of hydrogen-bond acceptors (Lipinski definition) is 3. The number of hydrogen-bond donors (Lipinski definition) is 3. The maximum absolute atomic E-state index is 13.1. The van der Waals surface area contributed by atoms with E-state index in [0.29, 0.717) is 17.5 Å². The van der Waals surface area contributed by atoms with Gasteiger partial charge >= 0.3 is 0 Å². The second-order valence-corrected chi connectivity index (χ2v) is 3.30. The first-order valence-corrected chi connectivity index (χ1v) is 4.41. The predicted octanol–water partition coefficient (Wildman–Crippen LogP) is 1.22. The number of nitrogens with two attached hydrogens (primary N) is 1. The zero-order valence-corrected chi connectivity index (χ0v) is 8.00. The summed E-state index contributed by atoms with van der Waals surface area (Å²) in [7, 11) is 0. The van der Waals surface area contributed by atoms with Gasteiger partial charge < -0.3 is 15.9 Å². The van der Waals surface area contributed by atoms with Crippen LogP contribution in [0.2, 0.25) is 0 Å². The van der Waals surface area contributed by atoms with Gasteiger partial charge in [0.25, 0.3) is 0 Å². The number of benzene rings is 1. The van der Waals surface area contributed by atoms with Crippen molar-refractivity contribution in [1.82, 2.24) is 0 Å². The van der Waals surface area contributed by atoms with Crippen LogP contribution in [0.3, 0.4) is 0 Å². The molecule has 0 heterocycles. The Morgan fingerprint density at radius 1 is 1.50 bits per heavy atom. The topological polar surface area (TPSA) is 66.5 Å². The minimum atomic E-state index is -0.673. The number of aromatic hydroxyl groups is 1. The van der Waals surface area contributed by atoms with Crippen LogP contribution >= 0.6 is 0 Å². The molecular weight excluding hydrogens is 185 g/mol. The van der Waals surface area contributed by atoms with Crippen molar-refractivity contribution in [2.45, 2.75) is 19.4 Å². The lowest BCUT2D eigenvalue weighted by atomic mass is 10.0. The van der Waals surface area contributed by atoms with E-state index >= 15 is 0 Å². The maximum atomic E-state index is 13.1. The average molecular weight is 199 g/mol. The molecule has 0 aliphatic carbocycles. The summed E-state index contributed by atoms with van der Waals surface area (Å²) >= 11 is 0. The fourth-order valence-electron chi connectivity index (χ4n) is 1.34. The molecule has 1 aromatic rings. The second-order valence-electron chi connectivity index (χ2n) is 3.30. The van der Waals surface area contributed by atoms with Gasteiger partial charge in [-0.3, -0.25) is 0 Å². The fourth-order valence-corrected chi connectivity index (χ4v) is 1.34. The third kappa shape index (κ3) is 2.21. The molecule has 1 aromatic carbocycles. The minimum absolute atomic E-state index is 0.0871. The van der Waals surface area contributed by atoms with Gasteiger partial charge in [-0.15, -0.1) is 0 Å². The van der Waals surface area contributed by atoms with Crippen LogP contribution in [0.5, 0.6) is 5.75 Å². The van der Waals surface area contributed by atoms with Crippen molar-refractivity contribution in [2.24, 2.45) is 5.73 Å². The summed E-state index contributed by atoms with van der Waals surface area (Å²) < 4.78 is 13.1. The largest absolute Gasteiger partial charge is 0.505 e. The molecule has 0 aromatic heterocycles. The molecule has 0 saturated carbocycles. The highest BCUT2D eigenvalue weighted by atomic mass is 19.1. The number of phenols is 1. The van der Waals surface area contributed by atoms with Gasteiger partial charge in [0.2, 0.25) is 0 Å². The Bertz CT molecular complexity index is 328.